The molecular weight excluding hydrogens is 362 g/mol. The van der Waals surface area contributed by atoms with Gasteiger partial charge in [0, 0.05) is 0 Å². The molecule has 1 aliphatic rings. The summed E-state index contributed by atoms with van der Waals surface area (Å²) in [6.07, 6.45) is 1.66. The lowest BCUT2D eigenvalue weighted by Crippen LogP contribution is -2.28. The molecule has 6 nitrogen and oxygen atoms in total. The standard InChI is InChI=1S/C20H21N3O3S/c1-3-26-18-10-6-16(7-11-18)13-23-19(24)14-27-20(23)22-21-12-15-4-8-17(25-2)9-5-15/h4-12H,3,13-14H2,1-2H3. The van der Waals surface area contributed by atoms with Crippen molar-refractivity contribution in [1.29, 1.82) is 0 Å². The van der Waals surface area contributed by atoms with E-state index in [4.69, 9.17) is 9.47 Å². The molecule has 0 aromatic heterocycles. The Morgan fingerprint density at radius 1 is 1.11 bits per heavy atom. The highest BCUT2D eigenvalue weighted by Crippen LogP contribution is 2.23. The number of thioether (sulfide) groups is 1. The zero-order valence-electron chi connectivity index (χ0n) is 15.3. The normalized spacial score (nSPS) is 15.7. The van der Waals surface area contributed by atoms with Crippen LogP contribution in [0.4, 0.5) is 0 Å². The molecule has 0 spiro atoms. The van der Waals surface area contributed by atoms with Gasteiger partial charge in [-0.15, -0.1) is 5.10 Å². The number of hydrogen-bond donors (Lipinski definition) is 0. The maximum Gasteiger partial charge on any atom is 0.239 e. The monoisotopic (exact) mass is 383 g/mol. The fourth-order valence-electron chi connectivity index (χ4n) is 2.50. The van der Waals surface area contributed by atoms with E-state index in [1.54, 1.807) is 18.2 Å². The van der Waals surface area contributed by atoms with Crippen molar-refractivity contribution < 1.29 is 14.3 Å². The quantitative estimate of drug-likeness (QED) is 0.542. The number of nitrogens with zero attached hydrogens (tertiary/aromatic N) is 3. The molecule has 27 heavy (non-hydrogen) atoms. The van der Waals surface area contributed by atoms with E-state index < -0.39 is 0 Å². The predicted octanol–water partition coefficient (Wildman–Crippen LogP) is 3.56. The van der Waals surface area contributed by atoms with E-state index >= 15 is 0 Å². The molecule has 1 saturated heterocycles. The number of methoxy groups -OCH3 is 1. The van der Waals surface area contributed by atoms with Crippen LogP contribution >= 0.6 is 11.8 Å². The van der Waals surface area contributed by atoms with Crippen molar-refractivity contribution in [3.05, 3.63) is 59.7 Å². The van der Waals surface area contributed by atoms with Crippen molar-refractivity contribution in [1.82, 2.24) is 4.90 Å². The lowest BCUT2D eigenvalue weighted by atomic mass is 10.2. The minimum atomic E-state index is 0.0345. The number of benzene rings is 2. The van der Waals surface area contributed by atoms with Gasteiger partial charge in [0.25, 0.3) is 0 Å². The molecular formula is C20H21N3O3S. The van der Waals surface area contributed by atoms with Crippen LogP contribution in [-0.4, -0.2) is 41.7 Å². The molecule has 0 aliphatic carbocycles. The molecule has 0 N–H and O–H groups in total. The van der Waals surface area contributed by atoms with E-state index in [1.807, 2.05) is 55.5 Å². The van der Waals surface area contributed by atoms with E-state index in [9.17, 15) is 4.79 Å². The first-order valence-electron chi connectivity index (χ1n) is 8.59. The maximum absolute atomic E-state index is 12.2. The fourth-order valence-corrected chi connectivity index (χ4v) is 3.34. The van der Waals surface area contributed by atoms with Crippen LogP contribution in [0.1, 0.15) is 18.1 Å². The summed E-state index contributed by atoms with van der Waals surface area (Å²) >= 11 is 1.40. The number of rotatable bonds is 7. The van der Waals surface area contributed by atoms with Crippen LogP contribution in [0, 0.1) is 0 Å². The molecule has 0 atom stereocenters. The Balaban J connectivity index is 1.67. The molecule has 1 aliphatic heterocycles. The van der Waals surface area contributed by atoms with Crippen LogP contribution in [0.3, 0.4) is 0 Å². The van der Waals surface area contributed by atoms with Crippen LogP contribution in [0.2, 0.25) is 0 Å². The van der Waals surface area contributed by atoms with Gasteiger partial charge >= 0.3 is 0 Å². The van der Waals surface area contributed by atoms with Crippen molar-refractivity contribution in [2.45, 2.75) is 13.5 Å². The summed E-state index contributed by atoms with van der Waals surface area (Å²) in [5.41, 5.74) is 1.92. The van der Waals surface area contributed by atoms with Crippen molar-refractivity contribution >= 4 is 29.1 Å². The Morgan fingerprint density at radius 3 is 2.48 bits per heavy atom. The summed E-state index contributed by atoms with van der Waals surface area (Å²) in [4.78, 5) is 13.9. The van der Waals surface area contributed by atoms with Crippen LogP contribution in [0.25, 0.3) is 0 Å². The summed E-state index contributed by atoms with van der Waals surface area (Å²) in [7, 11) is 1.63. The predicted molar refractivity (Wildman–Crippen MR) is 109 cm³/mol. The van der Waals surface area contributed by atoms with Crippen LogP contribution in [-0.2, 0) is 11.3 Å². The fraction of sp³-hybridized carbons (Fsp3) is 0.250. The first-order valence-corrected chi connectivity index (χ1v) is 9.58. The van der Waals surface area contributed by atoms with Gasteiger partial charge in [0.05, 0.1) is 32.2 Å². The van der Waals surface area contributed by atoms with Crippen LogP contribution in [0.5, 0.6) is 11.5 Å². The topological polar surface area (TPSA) is 63.5 Å². The molecule has 1 amide bonds. The highest BCUT2D eigenvalue weighted by Gasteiger charge is 2.28. The molecule has 1 heterocycles. The molecule has 2 aromatic rings. The third-order valence-electron chi connectivity index (χ3n) is 3.90. The highest BCUT2D eigenvalue weighted by atomic mass is 32.2. The Bertz CT molecular complexity index is 833. The number of ether oxygens (including phenoxy) is 2. The first kappa shape index (κ1) is 19.0. The average molecular weight is 383 g/mol. The second kappa shape index (κ2) is 9.23. The van der Waals surface area contributed by atoms with E-state index in [2.05, 4.69) is 10.2 Å². The van der Waals surface area contributed by atoms with Gasteiger partial charge in [-0.2, -0.15) is 5.10 Å². The van der Waals surface area contributed by atoms with Crippen molar-refractivity contribution in [2.75, 3.05) is 19.5 Å². The van der Waals surface area contributed by atoms with Gasteiger partial charge < -0.3 is 9.47 Å². The first-order chi connectivity index (χ1) is 13.2. The molecule has 0 unspecified atom stereocenters. The Kier molecular flexibility index (Phi) is 6.49. The van der Waals surface area contributed by atoms with Crippen LogP contribution in [0.15, 0.2) is 58.7 Å². The van der Waals surface area contributed by atoms with Gasteiger partial charge in [-0.25, -0.2) is 0 Å². The number of carbonyl (C=O) groups excluding carboxylic acids is 1. The second-order valence-electron chi connectivity index (χ2n) is 5.75. The number of hydrogen-bond acceptors (Lipinski definition) is 6. The smallest absolute Gasteiger partial charge is 0.239 e. The molecule has 2 aromatic carbocycles. The molecule has 0 saturated carbocycles. The van der Waals surface area contributed by atoms with E-state index in [1.165, 1.54) is 11.8 Å². The average Bonchev–Trinajstić information content (AvgIpc) is 3.04. The summed E-state index contributed by atoms with van der Waals surface area (Å²) in [5.74, 6) is 2.03. The molecule has 7 heteroatoms. The molecule has 3 rings (SSSR count). The van der Waals surface area contributed by atoms with E-state index in [-0.39, 0.29) is 5.91 Å². The molecule has 1 fully saturated rings. The Labute approximate surface area is 162 Å². The zero-order valence-corrected chi connectivity index (χ0v) is 16.1. The van der Waals surface area contributed by atoms with E-state index in [0.717, 1.165) is 22.6 Å². The Hall–Kier alpha value is -2.80. The van der Waals surface area contributed by atoms with Crippen LogP contribution < -0.4 is 9.47 Å². The van der Waals surface area contributed by atoms with Crippen molar-refractivity contribution in [2.24, 2.45) is 10.2 Å². The lowest BCUT2D eigenvalue weighted by molar-refractivity contribution is -0.124. The van der Waals surface area contributed by atoms with Gasteiger partial charge in [-0.3, -0.25) is 9.69 Å². The molecule has 0 bridgehead atoms. The molecule has 140 valence electrons. The maximum atomic E-state index is 12.2. The van der Waals surface area contributed by atoms with Crippen molar-refractivity contribution in [3.63, 3.8) is 0 Å². The van der Waals surface area contributed by atoms with Crippen molar-refractivity contribution in [3.8, 4) is 11.5 Å². The Morgan fingerprint density at radius 2 is 1.81 bits per heavy atom. The second-order valence-corrected chi connectivity index (χ2v) is 6.69. The summed E-state index contributed by atoms with van der Waals surface area (Å²) in [6.45, 7) is 3.04. The lowest BCUT2D eigenvalue weighted by Gasteiger charge is -2.15. The summed E-state index contributed by atoms with van der Waals surface area (Å²) in [6, 6.07) is 15.2. The van der Waals surface area contributed by atoms with Gasteiger partial charge in [-0.05, 0) is 54.4 Å². The highest BCUT2D eigenvalue weighted by molar-refractivity contribution is 8.15. The zero-order chi connectivity index (χ0) is 19.1. The van der Waals surface area contributed by atoms with Gasteiger partial charge in [0.2, 0.25) is 5.91 Å². The minimum absolute atomic E-state index is 0.0345. The number of amidine groups is 1. The third kappa shape index (κ3) is 5.10. The van der Waals surface area contributed by atoms with Gasteiger partial charge in [0.1, 0.15) is 11.5 Å². The number of carbonyl (C=O) groups is 1. The summed E-state index contributed by atoms with van der Waals surface area (Å²) < 4.78 is 10.6. The SMILES string of the molecule is CCOc1ccc(CN2C(=O)CSC2=NN=Cc2ccc(OC)cc2)cc1. The van der Waals surface area contributed by atoms with E-state index in [0.29, 0.717) is 24.1 Å². The van der Waals surface area contributed by atoms with Gasteiger partial charge in [0.15, 0.2) is 5.17 Å². The summed E-state index contributed by atoms with van der Waals surface area (Å²) in [5, 5.41) is 8.98. The number of amides is 1. The molecule has 0 radical (unpaired) electrons. The van der Waals surface area contributed by atoms with Gasteiger partial charge in [-0.1, -0.05) is 23.9 Å². The largest absolute Gasteiger partial charge is 0.497 e. The third-order valence-corrected chi connectivity index (χ3v) is 4.85. The minimum Gasteiger partial charge on any atom is -0.497 e.